The van der Waals surface area contributed by atoms with Gasteiger partial charge in [-0.1, -0.05) is 50.2 Å². The zero-order valence-corrected chi connectivity index (χ0v) is 16.6. The van der Waals surface area contributed by atoms with Crippen LogP contribution in [0.2, 0.25) is 0 Å². The highest BCUT2D eigenvalue weighted by Crippen LogP contribution is 2.22. The van der Waals surface area contributed by atoms with Crippen LogP contribution in [-0.2, 0) is 23.1 Å². The standard InChI is InChI=1S/C22H26N4O2/c1-22(2,3)18-6-4-16(5-7-18)10-15-24-19(27)8-9-20-25-21(26-28-20)17-11-13-23-14-12-17/h4-7,11-14H,8-10,15H2,1-3H3,(H,24,27). The van der Waals surface area contributed by atoms with Gasteiger partial charge in [0.05, 0.1) is 0 Å². The number of benzene rings is 1. The number of carbonyl (C=O) groups excluding carboxylic acids is 1. The van der Waals surface area contributed by atoms with E-state index in [0.717, 1.165) is 12.0 Å². The molecular weight excluding hydrogens is 352 g/mol. The van der Waals surface area contributed by atoms with E-state index in [0.29, 0.717) is 31.1 Å². The van der Waals surface area contributed by atoms with Crippen LogP contribution in [0.4, 0.5) is 0 Å². The van der Waals surface area contributed by atoms with Crippen LogP contribution in [0.25, 0.3) is 11.4 Å². The third-order valence-corrected chi connectivity index (χ3v) is 4.53. The summed E-state index contributed by atoms with van der Waals surface area (Å²) in [7, 11) is 0. The highest BCUT2D eigenvalue weighted by molar-refractivity contribution is 5.76. The molecule has 0 saturated heterocycles. The number of rotatable bonds is 7. The van der Waals surface area contributed by atoms with Crippen molar-refractivity contribution in [2.45, 2.75) is 45.4 Å². The molecule has 3 rings (SSSR count). The molecule has 146 valence electrons. The van der Waals surface area contributed by atoms with Crippen molar-refractivity contribution in [3.05, 3.63) is 65.8 Å². The molecule has 0 bridgehead atoms. The molecule has 6 nitrogen and oxygen atoms in total. The fourth-order valence-electron chi connectivity index (χ4n) is 2.80. The molecule has 1 amide bonds. The third-order valence-electron chi connectivity index (χ3n) is 4.53. The van der Waals surface area contributed by atoms with Gasteiger partial charge in [0.15, 0.2) is 0 Å². The number of hydrogen-bond acceptors (Lipinski definition) is 5. The van der Waals surface area contributed by atoms with Gasteiger partial charge in [0.2, 0.25) is 17.6 Å². The summed E-state index contributed by atoms with van der Waals surface area (Å²) in [5.41, 5.74) is 3.52. The van der Waals surface area contributed by atoms with Crippen molar-refractivity contribution in [2.75, 3.05) is 6.54 Å². The van der Waals surface area contributed by atoms with Gasteiger partial charge in [-0.3, -0.25) is 9.78 Å². The number of hydrogen-bond donors (Lipinski definition) is 1. The number of carbonyl (C=O) groups is 1. The van der Waals surface area contributed by atoms with E-state index in [1.807, 2.05) is 12.1 Å². The molecule has 2 aromatic heterocycles. The van der Waals surface area contributed by atoms with Crippen LogP contribution in [-0.4, -0.2) is 27.6 Å². The Morgan fingerprint density at radius 3 is 2.43 bits per heavy atom. The second-order valence-electron chi connectivity index (χ2n) is 7.79. The summed E-state index contributed by atoms with van der Waals surface area (Å²) in [6.07, 6.45) is 4.90. The van der Waals surface area contributed by atoms with Gasteiger partial charge in [-0.15, -0.1) is 0 Å². The van der Waals surface area contributed by atoms with Crippen molar-refractivity contribution < 1.29 is 9.32 Å². The molecule has 1 N–H and O–H groups in total. The second kappa shape index (κ2) is 8.78. The highest BCUT2D eigenvalue weighted by atomic mass is 16.5. The first kappa shape index (κ1) is 19.7. The van der Waals surface area contributed by atoms with Crippen molar-refractivity contribution in [1.82, 2.24) is 20.4 Å². The van der Waals surface area contributed by atoms with Crippen LogP contribution in [0.3, 0.4) is 0 Å². The normalized spacial score (nSPS) is 11.4. The Morgan fingerprint density at radius 1 is 1.04 bits per heavy atom. The number of pyridine rings is 1. The van der Waals surface area contributed by atoms with Gasteiger partial charge in [-0.05, 0) is 35.1 Å². The van der Waals surface area contributed by atoms with Crippen LogP contribution < -0.4 is 5.32 Å². The molecule has 0 radical (unpaired) electrons. The van der Waals surface area contributed by atoms with E-state index in [4.69, 9.17) is 4.52 Å². The van der Waals surface area contributed by atoms with Crippen LogP contribution in [0.5, 0.6) is 0 Å². The van der Waals surface area contributed by atoms with Gasteiger partial charge in [0, 0.05) is 37.3 Å². The monoisotopic (exact) mass is 378 g/mol. The lowest BCUT2D eigenvalue weighted by Gasteiger charge is -2.19. The summed E-state index contributed by atoms with van der Waals surface area (Å²) in [5, 5.41) is 6.89. The van der Waals surface area contributed by atoms with E-state index in [1.165, 1.54) is 11.1 Å². The molecule has 3 aromatic rings. The first-order valence-corrected chi connectivity index (χ1v) is 9.51. The fraction of sp³-hybridized carbons (Fsp3) is 0.364. The number of aromatic nitrogens is 3. The molecule has 0 aliphatic rings. The summed E-state index contributed by atoms with van der Waals surface area (Å²) in [4.78, 5) is 20.3. The average Bonchev–Trinajstić information content (AvgIpc) is 3.16. The smallest absolute Gasteiger partial charge is 0.227 e. The third kappa shape index (κ3) is 5.49. The minimum Gasteiger partial charge on any atom is -0.356 e. The molecule has 6 heteroatoms. The zero-order chi connectivity index (χ0) is 20.0. The largest absolute Gasteiger partial charge is 0.356 e. The van der Waals surface area contributed by atoms with Crippen LogP contribution in [0.15, 0.2) is 53.3 Å². The van der Waals surface area contributed by atoms with Gasteiger partial charge < -0.3 is 9.84 Å². The van der Waals surface area contributed by atoms with Gasteiger partial charge in [0.1, 0.15) is 0 Å². The topological polar surface area (TPSA) is 80.9 Å². The summed E-state index contributed by atoms with van der Waals surface area (Å²) >= 11 is 0. The predicted octanol–water partition coefficient (Wildman–Crippen LogP) is 3.72. The van der Waals surface area contributed by atoms with E-state index in [2.05, 4.69) is 65.5 Å². The fourth-order valence-corrected chi connectivity index (χ4v) is 2.80. The molecule has 0 saturated carbocycles. The summed E-state index contributed by atoms with van der Waals surface area (Å²) in [6.45, 7) is 7.21. The molecule has 0 aliphatic heterocycles. The van der Waals surface area contributed by atoms with Gasteiger partial charge in [0.25, 0.3) is 0 Å². The summed E-state index contributed by atoms with van der Waals surface area (Å²) in [6, 6.07) is 12.2. The number of aryl methyl sites for hydroxylation is 1. The van der Waals surface area contributed by atoms with E-state index in [9.17, 15) is 4.79 Å². The number of nitrogens with zero attached hydrogens (tertiary/aromatic N) is 3. The predicted molar refractivity (Wildman–Crippen MR) is 108 cm³/mol. The molecule has 2 heterocycles. The minimum absolute atomic E-state index is 0.0185. The first-order chi connectivity index (χ1) is 13.4. The van der Waals surface area contributed by atoms with Crippen molar-refractivity contribution in [3.63, 3.8) is 0 Å². The maximum Gasteiger partial charge on any atom is 0.227 e. The summed E-state index contributed by atoms with van der Waals surface area (Å²) in [5.74, 6) is 0.950. The first-order valence-electron chi connectivity index (χ1n) is 9.51. The Labute approximate surface area is 165 Å². The van der Waals surface area contributed by atoms with E-state index >= 15 is 0 Å². The van der Waals surface area contributed by atoms with Crippen LogP contribution >= 0.6 is 0 Å². The number of nitrogens with one attached hydrogen (secondary N) is 1. The van der Waals surface area contributed by atoms with Crippen molar-refractivity contribution >= 4 is 5.91 Å². The molecule has 0 spiro atoms. The van der Waals surface area contributed by atoms with Gasteiger partial charge >= 0.3 is 0 Å². The van der Waals surface area contributed by atoms with E-state index < -0.39 is 0 Å². The highest BCUT2D eigenvalue weighted by Gasteiger charge is 2.13. The van der Waals surface area contributed by atoms with Crippen molar-refractivity contribution in [2.24, 2.45) is 0 Å². The second-order valence-corrected chi connectivity index (χ2v) is 7.79. The Balaban J connectivity index is 1.41. The molecule has 0 aliphatic carbocycles. The van der Waals surface area contributed by atoms with Gasteiger partial charge in [-0.2, -0.15) is 4.98 Å². The lowest BCUT2D eigenvalue weighted by Crippen LogP contribution is -2.25. The minimum atomic E-state index is -0.0185. The van der Waals surface area contributed by atoms with Gasteiger partial charge in [-0.25, -0.2) is 0 Å². The Morgan fingerprint density at radius 2 is 1.75 bits per heavy atom. The maximum atomic E-state index is 12.1. The van der Waals surface area contributed by atoms with E-state index in [1.54, 1.807) is 12.4 Å². The molecule has 28 heavy (non-hydrogen) atoms. The van der Waals surface area contributed by atoms with Crippen molar-refractivity contribution in [3.8, 4) is 11.4 Å². The van der Waals surface area contributed by atoms with E-state index in [-0.39, 0.29) is 11.3 Å². The Hall–Kier alpha value is -3.02. The average molecular weight is 378 g/mol. The van der Waals surface area contributed by atoms with Crippen LogP contribution in [0.1, 0.15) is 44.2 Å². The summed E-state index contributed by atoms with van der Waals surface area (Å²) < 4.78 is 5.22. The zero-order valence-electron chi connectivity index (χ0n) is 16.6. The maximum absolute atomic E-state index is 12.1. The molecule has 0 unspecified atom stereocenters. The lowest BCUT2D eigenvalue weighted by molar-refractivity contribution is -0.121. The SMILES string of the molecule is CC(C)(C)c1ccc(CCNC(=O)CCc2nc(-c3ccncc3)no2)cc1. The van der Waals surface area contributed by atoms with Crippen molar-refractivity contribution in [1.29, 1.82) is 0 Å². The quantitative estimate of drug-likeness (QED) is 0.678. The molecular formula is C22H26N4O2. The lowest BCUT2D eigenvalue weighted by atomic mass is 9.86. The number of amides is 1. The molecule has 0 atom stereocenters. The van der Waals surface area contributed by atoms with Crippen LogP contribution in [0, 0.1) is 0 Å². The molecule has 1 aromatic carbocycles. The molecule has 0 fully saturated rings. The Bertz CT molecular complexity index is 896. The Kier molecular flexibility index (Phi) is 6.19.